The summed E-state index contributed by atoms with van der Waals surface area (Å²) in [5, 5.41) is 12.0. The van der Waals surface area contributed by atoms with Crippen molar-refractivity contribution in [1.82, 2.24) is 26.3 Å². The molecule has 1 unspecified atom stereocenters. The van der Waals surface area contributed by atoms with E-state index in [2.05, 4.69) is 26.3 Å². The summed E-state index contributed by atoms with van der Waals surface area (Å²) < 4.78 is 0. The van der Waals surface area contributed by atoms with Crippen molar-refractivity contribution in [1.29, 1.82) is 0 Å². The lowest BCUT2D eigenvalue weighted by Crippen LogP contribution is -2.55. The summed E-state index contributed by atoms with van der Waals surface area (Å²) in [7, 11) is 0. The highest BCUT2D eigenvalue weighted by Crippen LogP contribution is 2.33. The summed E-state index contributed by atoms with van der Waals surface area (Å²) in [4.78, 5) is 68.2. The number of hydrogen-bond acceptors (Lipinski definition) is 5. The third-order valence-corrected chi connectivity index (χ3v) is 8.14. The van der Waals surface area contributed by atoms with Gasteiger partial charge < -0.3 is 26.3 Å². The molecule has 3 aliphatic rings. The molecule has 2 heterocycles. The number of Topliss-reactive ketones (excluding diaryl/α,β-unsaturated/α-hetero) is 1. The Hall–Kier alpha value is -3.69. The van der Waals surface area contributed by atoms with E-state index >= 15 is 0 Å². The van der Waals surface area contributed by atoms with E-state index in [1.807, 2.05) is 24.3 Å². The van der Waals surface area contributed by atoms with Crippen molar-refractivity contribution in [3.05, 3.63) is 36.0 Å². The van der Waals surface area contributed by atoms with Crippen LogP contribution in [-0.4, -0.2) is 59.1 Å². The third-order valence-electron chi connectivity index (χ3n) is 8.14. The highest BCUT2D eigenvalue weighted by atomic mass is 16.2. The molecule has 5 N–H and O–H groups in total. The number of aromatic amines is 1. The van der Waals surface area contributed by atoms with Crippen molar-refractivity contribution in [2.24, 2.45) is 11.8 Å². The maximum absolute atomic E-state index is 13.5. The molecule has 3 fully saturated rings. The lowest BCUT2D eigenvalue weighted by molar-refractivity contribution is -0.141. The molecule has 3 atom stereocenters. The molecule has 0 radical (unpaired) electrons. The molecule has 39 heavy (non-hydrogen) atoms. The van der Waals surface area contributed by atoms with E-state index < -0.39 is 41.5 Å². The van der Waals surface area contributed by atoms with Gasteiger partial charge in [0, 0.05) is 29.4 Å². The maximum Gasteiger partial charge on any atom is 0.289 e. The molecule has 1 aromatic heterocycles. The highest BCUT2D eigenvalue weighted by molar-refractivity contribution is 6.38. The van der Waals surface area contributed by atoms with Crippen molar-refractivity contribution in [2.45, 2.75) is 82.3 Å². The molecule has 5 rings (SSSR count). The summed E-state index contributed by atoms with van der Waals surface area (Å²) >= 11 is 0. The van der Waals surface area contributed by atoms with E-state index in [-0.39, 0.29) is 18.4 Å². The smallest absolute Gasteiger partial charge is 0.289 e. The monoisotopic (exact) mass is 535 g/mol. The zero-order chi connectivity index (χ0) is 27.4. The Kier molecular flexibility index (Phi) is 8.28. The number of carbonyl (C=O) groups excluding carboxylic acids is 5. The van der Waals surface area contributed by atoms with Crippen molar-refractivity contribution in [2.75, 3.05) is 6.54 Å². The Labute approximate surface area is 227 Å². The molecule has 1 aromatic carbocycles. The Morgan fingerprint density at radius 1 is 0.897 bits per heavy atom. The zero-order valence-corrected chi connectivity index (χ0v) is 22.1. The van der Waals surface area contributed by atoms with Crippen LogP contribution in [0.25, 0.3) is 10.9 Å². The van der Waals surface area contributed by atoms with Gasteiger partial charge in [0.05, 0.1) is 6.04 Å². The lowest BCUT2D eigenvalue weighted by atomic mass is 9.93. The largest absolute Gasteiger partial charge is 0.356 e. The fraction of sp³-hybridized carbons (Fsp3) is 0.552. The first-order valence-electron chi connectivity index (χ1n) is 14.2. The minimum absolute atomic E-state index is 0.0423. The van der Waals surface area contributed by atoms with Crippen molar-refractivity contribution in [3.63, 3.8) is 0 Å². The Morgan fingerprint density at radius 3 is 2.36 bits per heavy atom. The predicted octanol–water partition coefficient (Wildman–Crippen LogP) is 2.10. The molecule has 208 valence electrons. The second-order valence-electron chi connectivity index (χ2n) is 11.2. The van der Waals surface area contributed by atoms with E-state index in [9.17, 15) is 24.0 Å². The van der Waals surface area contributed by atoms with Gasteiger partial charge in [-0.2, -0.15) is 0 Å². The van der Waals surface area contributed by atoms with Crippen LogP contribution in [0.5, 0.6) is 0 Å². The number of hydrogen-bond donors (Lipinski definition) is 5. The van der Waals surface area contributed by atoms with Crippen LogP contribution >= 0.6 is 0 Å². The SMILES string of the molecule is O=C(NC1CCCCC1)C(=O)C(C[C@@H]1CCNC1=O)NC(=O)[C@H](CC1CC1)NC(=O)c1cc2ccccc2[nH]1. The summed E-state index contributed by atoms with van der Waals surface area (Å²) in [6.07, 6.45) is 7.72. The molecule has 2 aromatic rings. The molecule has 4 amide bonds. The zero-order valence-electron chi connectivity index (χ0n) is 22.1. The van der Waals surface area contributed by atoms with E-state index in [0.717, 1.165) is 55.8 Å². The quantitative estimate of drug-likeness (QED) is 0.279. The van der Waals surface area contributed by atoms with E-state index in [0.29, 0.717) is 31.0 Å². The van der Waals surface area contributed by atoms with Gasteiger partial charge in [0.1, 0.15) is 11.7 Å². The standard InChI is InChI=1S/C29H37N5O5/c35-25(29(39)31-20-7-2-1-3-8-20)22(16-19-12-13-30-26(19)36)33-27(37)23(14-17-10-11-17)34-28(38)24-15-18-6-4-5-9-21(18)32-24/h4-6,9,15,17,19-20,22-23,32H,1-3,7-8,10-14,16H2,(H,30,36)(H,31,39)(H,33,37)(H,34,38)/t19-,22?,23-/m0/s1. The minimum atomic E-state index is -1.15. The van der Waals surface area contributed by atoms with Crippen LogP contribution in [0.2, 0.25) is 0 Å². The van der Waals surface area contributed by atoms with Crippen molar-refractivity contribution >= 4 is 40.3 Å². The highest BCUT2D eigenvalue weighted by Gasteiger charge is 2.37. The molecule has 10 nitrogen and oxygen atoms in total. The number of H-pyrrole nitrogens is 1. The number of ketones is 1. The molecule has 1 aliphatic heterocycles. The third kappa shape index (κ3) is 6.85. The molecule has 10 heteroatoms. The van der Waals surface area contributed by atoms with Gasteiger partial charge in [0.25, 0.3) is 11.8 Å². The summed E-state index contributed by atoms with van der Waals surface area (Å²) in [6.45, 7) is 0.498. The number of carbonyl (C=O) groups is 5. The first kappa shape index (κ1) is 26.9. The van der Waals surface area contributed by atoms with Gasteiger partial charge >= 0.3 is 0 Å². The molecular formula is C29H37N5O5. The molecule has 2 aliphatic carbocycles. The first-order chi connectivity index (χ1) is 18.9. The van der Waals surface area contributed by atoms with Crippen LogP contribution in [0.1, 0.15) is 74.7 Å². The molecule has 1 saturated heterocycles. The molecular weight excluding hydrogens is 498 g/mol. The number of nitrogens with one attached hydrogen (secondary N) is 5. The fourth-order valence-corrected chi connectivity index (χ4v) is 5.67. The second-order valence-corrected chi connectivity index (χ2v) is 11.2. The Balaban J connectivity index is 1.29. The van der Waals surface area contributed by atoms with Crippen LogP contribution in [0, 0.1) is 11.8 Å². The number of rotatable bonds is 11. The number of fused-ring (bicyclic) bond motifs is 1. The normalized spacial score (nSPS) is 21.1. The Bertz CT molecular complexity index is 1210. The minimum Gasteiger partial charge on any atom is -0.356 e. The van der Waals surface area contributed by atoms with Crippen LogP contribution < -0.4 is 21.3 Å². The average Bonchev–Trinajstić information content (AvgIpc) is 3.50. The second kappa shape index (κ2) is 12.0. The Morgan fingerprint density at radius 2 is 1.67 bits per heavy atom. The lowest BCUT2D eigenvalue weighted by Gasteiger charge is -2.26. The molecule has 2 saturated carbocycles. The summed E-state index contributed by atoms with van der Waals surface area (Å²) in [5.74, 6) is -2.75. The number of benzene rings is 1. The van der Waals surface area contributed by atoms with Crippen LogP contribution in [-0.2, 0) is 19.2 Å². The van der Waals surface area contributed by atoms with Crippen LogP contribution in [0.15, 0.2) is 30.3 Å². The van der Waals surface area contributed by atoms with Crippen molar-refractivity contribution < 1.29 is 24.0 Å². The van der Waals surface area contributed by atoms with Gasteiger partial charge in [0.2, 0.25) is 17.6 Å². The number of para-hydroxylation sites is 1. The summed E-state index contributed by atoms with van der Waals surface area (Å²) in [5.41, 5.74) is 1.15. The van der Waals surface area contributed by atoms with E-state index in [4.69, 9.17) is 0 Å². The van der Waals surface area contributed by atoms with Gasteiger partial charge in [-0.3, -0.25) is 24.0 Å². The fourth-order valence-electron chi connectivity index (χ4n) is 5.67. The first-order valence-corrected chi connectivity index (χ1v) is 14.2. The van der Waals surface area contributed by atoms with E-state index in [1.54, 1.807) is 6.07 Å². The van der Waals surface area contributed by atoms with Gasteiger partial charge in [-0.15, -0.1) is 0 Å². The maximum atomic E-state index is 13.5. The predicted molar refractivity (Wildman–Crippen MR) is 145 cm³/mol. The van der Waals surface area contributed by atoms with Gasteiger partial charge in [-0.1, -0.05) is 50.3 Å². The number of amides is 4. The van der Waals surface area contributed by atoms with Gasteiger partial charge in [-0.25, -0.2) is 0 Å². The summed E-state index contributed by atoms with van der Waals surface area (Å²) in [6, 6.07) is 7.17. The van der Waals surface area contributed by atoms with Crippen LogP contribution in [0.4, 0.5) is 0 Å². The van der Waals surface area contributed by atoms with Crippen molar-refractivity contribution in [3.8, 4) is 0 Å². The number of aromatic nitrogens is 1. The average molecular weight is 536 g/mol. The van der Waals surface area contributed by atoms with E-state index in [1.165, 1.54) is 0 Å². The molecule has 0 spiro atoms. The van der Waals surface area contributed by atoms with Gasteiger partial charge in [0.15, 0.2) is 0 Å². The van der Waals surface area contributed by atoms with Gasteiger partial charge in [-0.05, 0) is 50.2 Å². The topological polar surface area (TPSA) is 149 Å². The molecule has 0 bridgehead atoms. The van der Waals surface area contributed by atoms with Crippen LogP contribution in [0.3, 0.4) is 0 Å².